The summed E-state index contributed by atoms with van der Waals surface area (Å²) in [4.78, 5) is 0. The molecule has 0 unspecified atom stereocenters. The molecule has 5 heteroatoms. The van der Waals surface area contributed by atoms with Gasteiger partial charge in [-0.3, -0.25) is 0 Å². The highest BCUT2D eigenvalue weighted by molar-refractivity contribution is 9.10. The molecule has 1 aromatic carbocycles. The molecule has 78 valence electrons. The maximum absolute atomic E-state index is 13.4. The second-order valence-corrected chi connectivity index (χ2v) is 3.73. The zero-order valence-electron chi connectivity index (χ0n) is 7.36. The normalized spacial score (nSPS) is 10.6. The second-order valence-electron chi connectivity index (χ2n) is 2.87. The summed E-state index contributed by atoms with van der Waals surface area (Å²) in [6.45, 7) is 0.368. The Bertz CT molecular complexity index is 318. The summed E-state index contributed by atoms with van der Waals surface area (Å²) >= 11 is 2.87. The van der Waals surface area contributed by atoms with E-state index in [0.717, 1.165) is 6.07 Å². The standard InChI is InChI=1S/C9H10BrF2NO/c10-6-4-7(11)9(14)5(8(6)12)2-1-3-13/h4,14H,1-3,13H2. The van der Waals surface area contributed by atoms with Crippen LogP contribution in [0.4, 0.5) is 8.78 Å². The van der Waals surface area contributed by atoms with E-state index in [-0.39, 0.29) is 16.5 Å². The number of rotatable bonds is 3. The number of hydrogen-bond acceptors (Lipinski definition) is 2. The monoisotopic (exact) mass is 265 g/mol. The lowest BCUT2D eigenvalue weighted by Crippen LogP contribution is -2.03. The third kappa shape index (κ3) is 2.22. The fourth-order valence-electron chi connectivity index (χ4n) is 1.14. The molecule has 0 saturated heterocycles. The Morgan fingerprint density at radius 1 is 1.43 bits per heavy atom. The predicted octanol–water partition coefficient (Wildman–Crippen LogP) is 2.32. The van der Waals surface area contributed by atoms with Crippen LogP contribution in [0.15, 0.2) is 10.5 Å². The lowest BCUT2D eigenvalue weighted by atomic mass is 10.1. The molecule has 0 bridgehead atoms. The summed E-state index contributed by atoms with van der Waals surface area (Å²) < 4.78 is 26.3. The molecule has 0 atom stereocenters. The van der Waals surface area contributed by atoms with Gasteiger partial charge in [-0.15, -0.1) is 0 Å². The molecule has 0 spiro atoms. The first-order chi connectivity index (χ1) is 6.57. The van der Waals surface area contributed by atoms with Crippen molar-refractivity contribution in [2.45, 2.75) is 12.8 Å². The number of hydrogen-bond donors (Lipinski definition) is 2. The molecular formula is C9H10BrF2NO. The van der Waals surface area contributed by atoms with Crippen LogP contribution >= 0.6 is 15.9 Å². The molecule has 0 heterocycles. The van der Waals surface area contributed by atoms with Gasteiger partial charge in [0.1, 0.15) is 5.82 Å². The SMILES string of the molecule is NCCCc1c(O)c(F)cc(Br)c1F. The summed E-state index contributed by atoms with van der Waals surface area (Å²) in [5, 5.41) is 9.25. The lowest BCUT2D eigenvalue weighted by molar-refractivity contribution is 0.415. The van der Waals surface area contributed by atoms with Gasteiger partial charge < -0.3 is 10.8 Å². The van der Waals surface area contributed by atoms with Crippen molar-refractivity contribution >= 4 is 15.9 Å². The van der Waals surface area contributed by atoms with Crippen LogP contribution in [0.1, 0.15) is 12.0 Å². The maximum Gasteiger partial charge on any atom is 0.166 e. The van der Waals surface area contributed by atoms with Crippen LogP contribution in [0.3, 0.4) is 0 Å². The largest absolute Gasteiger partial charge is 0.505 e. The van der Waals surface area contributed by atoms with E-state index in [1.165, 1.54) is 0 Å². The number of phenols is 1. The average Bonchev–Trinajstić information content (AvgIpc) is 2.15. The van der Waals surface area contributed by atoms with Crippen LogP contribution in [0.25, 0.3) is 0 Å². The van der Waals surface area contributed by atoms with Gasteiger partial charge in [0.05, 0.1) is 4.47 Å². The molecule has 1 aromatic rings. The lowest BCUT2D eigenvalue weighted by Gasteiger charge is -2.07. The van der Waals surface area contributed by atoms with Crippen molar-refractivity contribution in [3.8, 4) is 5.75 Å². The Hall–Kier alpha value is -0.680. The minimum atomic E-state index is -0.828. The number of halogens is 3. The van der Waals surface area contributed by atoms with Crippen molar-refractivity contribution < 1.29 is 13.9 Å². The Kier molecular flexibility index (Phi) is 3.83. The van der Waals surface area contributed by atoms with Gasteiger partial charge in [0.25, 0.3) is 0 Å². The Morgan fingerprint density at radius 3 is 2.64 bits per heavy atom. The molecule has 3 N–H and O–H groups in total. The minimum Gasteiger partial charge on any atom is -0.505 e. The van der Waals surface area contributed by atoms with Crippen LogP contribution in [0.2, 0.25) is 0 Å². The summed E-state index contributed by atoms with van der Waals surface area (Å²) in [6.07, 6.45) is 0.727. The maximum atomic E-state index is 13.4. The molecule has 0 fully saturated rings. The van der Waals surface area contributed by atoms with E-state index in [0.29, 0.717) is 13.0 Å². The van der Waals surface area contributed by atoms with Gasteiger partial charge in [0, 0.05) is 5.56 Å². The van der Waals surface area contributed by atoms with Crippen LogP contribution in [0.5, 0.6) is 5.75 Å². The van der Waals surface area contributed by atoms with Crippen LogP contribution in [-0.2, 0) is 6.42 Å². The second kappa shape index (κ2) is 4.70. The molecule has 0 radical (unpaired) electrons. The molecular weight excluding hydrogens is 256 g/mol. The third-order valence-electron chi connectivity index (χ3n) is 1.87. The van der Waals surface area contributed by atoms with E-state index in [1.807, 2.05) is 0 Å². The van der Waals surface area contributed by atoms with E-state index >= 15 is 0 Å². The van der Waals surface area contributed by atoms with E-state index in [2.05, 4.69) is 15.9 Å². The van der Waals surface area contributed by atoms with E-state index in [1.54, 1.807) is 0 Å². The molecule has 0 aliphatic heterocycles. The Balaban J connectivity index is 3.11. The first kappa shape index (κ1) is 11.4. The molecule has 2 nitrogen and oxygen atoms in total. The van der Waals surface area contributed by atoms with Crippen molar-refractivity contribution in [2.75, 3.05) is 6.54 Å². The van der Waals surface area contributed by atoms with E-state index in [4.69, 9.17) is 5.73 Å². The minimum absolute atomic E-state index is 0.0137. The zero-order valence-corrected chi connectivity index (χ0v) is 8.94. The Morgan fingerprint density at radius 2 is 2.07 bits per heavy atom. The van der Waals surface area contributed by atoms with Gasteiger partial charge in [-0.1, -0.05) is 0 Å². The number of benzene rings is 1. The summed E-state index contributed by atoms with van der Waals surface area (Å²) in [5.74, 6) is -2.08. The first-order valence-electron chi connectivity index (χ1n) is 4.13. The highest BCUT2D eigenvalue weighted by Gasteiger charge is 2.15. The van der Waals surface area contributed by atoms with Gasteiger partial charge >= 0.3 is 0 Å². The molecule has 0 aliphatic rings. The van der Waals surface area contributed by atoms with Crippen molar-refractivity contribution in [1.29, 1.82) is 0 Å². The average molecular weight is 266 g/mol. The van der Waals surface area contributed by atoms with Gasteiger partial charge in [-0.05, 0) is 41.4 Å². The highest BCUT2D eigenvalue weighted by atomic mass is 79.9. The van der Waals surface area contributed by atoms with Crippen LogP contribution in [0, 0.1) is 11.6 Å². The predicted molar refractivity (Wildman–Crippen MR) is 53.1 cm³/mol. The molecule has 0 amide bonds. The van der Waals surface area contributed by atoms with Crippen molar-refractivity contribution in [1.82, 2.24) is 0 Å². The number of phenolic OH excluding ortho intramolecular Hbond substituents is 1. The van der Waals surface area contributed by atoms with E-state index in [9.17, 15) is 13.9 Å². The third-order valence-corrected chi connectivity index (χ3v) is 2.45. The smallest absolute Gasteiger partial charge is 0.166 e. The molecule has 14 heavy (non-hydrogen) atoms. The molecule has 1 rings (SSSR count). The van der Waals surface area contributed by atoms with Gasteiger partial charge in [0.2, 0.25) is 0 Å². The van der Waals surface area contributed by atoms with Gasteiger partial charge in [0.15, 0.2) is 11.6 Å². The quantitative estimate of drug-likeness (QED) is 0.825. The first-order valence-corrected chi connectivity index (χ1v) is 4.92. The van der Waals surface area contributed by atoms with Crippen LogP contribution in [-0.4, -0.2) is 11.7 Å². The van der Waals surface area contributed by atoms with Crippen molar-refractivity contribution in [3.05, 3.63) is 27.7 Å². The van der Waals surface area contributed by atoms with Crippen molar-refractivity contribution in [2.24, 2.45) is 5.73 Å². The Labute approximate surface area is 88.9 Å². The van der Waals surface area contributed by atoms with E-state index < -0.39 is 17.4 Å². The van der Waals surface area contributed by atoms with Crippen molar-refractivity contribution in [3.63, 3.8) is 0 Å². The van der Waals surface area contributed by atoms with Gasteiger partial charge in [-0.2, -0.15) is 0 Å². The fourth-order valence-corrected chi connectivity index (χ4v) is 1.58. The van der Waals surface area contributed by atoms with Crippen LogP contribution < -0.4 is 5.73 Å². The highest BCUT2D eigenvalue weighted by Crippen LogP contribution is 2.30. The summed E-state index contributed by atoms with van der Waals surface area (Å²) in [5.41, 5.74) is 5.22. The topological polar surface area (TPSA) is 46.2 Å². The summed E-state index contributed by atoms with van der Waals surface area (Å²) in [6, 6.07) is 0.899. The number of nitrogens with two attached hydrogens (primary N) is 1. The molecule has 0 aliphatic carbocycles. The van der Waals surface area contributed by atoms with Gasteiger partial charge in [-0.25, -0.2) is 8.78 Å². The number of aromatic hydroxyl groups is 1. The molecule has 0 aromatic heterocycles. The zero-order chi connectivity index (χ0) is 10.7. The summed E-state index contributed by atoms with van der Waals surface area (Å²) in [7, 11) is 0. The molecule has 0 saturated carbocycles. The fraction of sp³-hybridized carbons (Fsp3) is 0.333.